The molecule has 98 valence electrons. The summed E-state index contributed by atoms with van der Waals surface area (Å²) in [5.74, 6) is -0.175. The van der Waals surface area contributed by atoms with E-state index in [1.165, 1.54) is 0 Å². The van der Waals surface area contributed by atoms with Gasteiger partial charge in [-0.2, -0.15) is 5.10 Å². The number of β-amino-alcohol motifs (C(OH)–C–C–N with tert-alkyl or cyclic N) is 1. The fourth-order valence-corrected chi connectivity index (χ4v) is 2.12. The molecule has 0 saturated carbocycles. The van der Waals surface area contributed by atoms with Crippen LogP contribution in [0, 0.1) is 6.92 Å². The second-order valence-corrected chi connectivity index (χ2v) is 4.87. The van der Waals surface area contributed by atoms with Crippen molar-refractivity contribution in [3.8, 4) is 0 Å². The Bertz CT molecular complexity index is 432. The van der Waals surface area contributed by atoms with E-state index < -0.39 is 6.10 Å². The lowest BCUT2D eigenvalue weighted by molar-refractivity contribution is 0.0757. The van der Waals surface area contributed by atoms with E-state index in [-0.39, 0.29) is 11.9 Å². The van der Waals surface area contributed by atoms with Crippen LogP contribution in [0.25, 0.3) is 0 Å². The molecule has 1 aliphatic rings. The molecule has 1 N–H and O–H groups in total. The number of aromatic nitrogens is 2. The van der Waals surface area contributed by atoms with Crippen LogP contribution in [-0.2, 0) is 0 Å². The van der Waals surface area contributed by atoms with Gasteiger partial charge in [0.15, 0.2) is 5.69 Å². The second-order valence-electron chi connectivity index (χ2n) is 4.87. The predicted molar refractivity (Wildman–Crippen MR) is 66.2 cm³/mol. The van der Waals surface area contributed by atoms with Crippen molar-refractivity contribution < 1.29 is 9.90 Å². The van der Waals surface area contributed by atoms with Gasteiger partial charge in [-0.25, -0.2) is 0 Å². The Balaban J connectivity index is 2.09. The van der Waals surface area contributed by atoms with Crippen LogP contribution in [0.4, 0.5) is 0 Å². The summed E-state index contributed by atoms with van der Waals surface area (Å²) in [6, 6.07) is 3.41. The molecular formula is C12H18N4O2. The summed E-state index contributed by atoms with van der Waals surface area (Å²) in [6.07, 6.45) is -0.512. The summed E-state index contributed by atoms with van der Waals surface area (Å²) in [5.41, 5.74) is 1.10. The highest BCUT2D eigenvalue weighted by Gasteiger charge is 2.35. The first-order valence-corrected chi connectivity index (χ1v) is 5.93. The van der Waals surface area contributed by atoms with E-state index in [2.05, 4.69) is 10.2 Å². The van der Waals surface area contributed by atoms with Crippen molar-refractivity contribution in [2.45, 2.75) is 19.1 Å². The zero-order valence-corrected chi connectivity index (χ0v) is 10.9. The molecule has 0 unspecified atom stereocenters. The monoisotopic (exact) mass is 250 g/mol. The van der Waals surface area contributed by atoms with Crippen LogP contribution < -0.4 is 0 Å². The van der Waals surface area contributed by atoms with Gasteiger partial charge in [0.25, 0.3) is 5.91 Å². The van der Waals surface area contributed by atoms with Crippen LogP contribution in [0.2, 0.25) is 0 Å². The number of carbonyl (C=O) groups excluding carboxylic acids is 1. The molecule has 6 nitrogen and oxygen atoms in total. The highest BCUT2D eigenvalue weighted by Crippen LogP contribution is 2.16. The molecule has 0 bridgehead atoms. The number of rotatable bonds is 2. The number of aliphatic hydroxyl groups is 1. The molecule has 1 aliphatic heterocycles. The Labute approximate surface area is 106 Å². The van der Waals surface area contributed by atoms with Crippen molar-refractivity contribution in [2.75, 3.05) is 27.2 Å². The number of amides is 1. The van der Waals surface area contributed by atoms with Crippen LogP contribution >= 0.6 is 0 Å². The van der Waals surface area contributed by atoms with Crippen molar-refractivity contribution in [3.05, 3.63) is 23.5 Å². The van der Waals surface area contributed by atoms with Gasteiger partial charge in [-0.1, -0.05) is 0 Å². The molecule has 1 aromatic heterocycles. The van der Waals surface area contributed by atoms with E-state index >= 15 is 0 Å². The number of likely N-dealkylation sites (N-methyl/N-ethyl adjacent to an activating group) is 1. The van der Waals surface area contributed by atoms with Gasteiger partial charge in [0, 0.05) is 13.1 Å². The maximum atomic E-state index is 12.2. The smallest absolute Gasteiger partial charge is 0.274 e. The molecule has 1 saturated heterocycles. The molecule has 1 fully saturated rings. The number of aryl methyl sites for hydroxylation is 1. The van der Waals surface area contributed by atoms with E-state index in [0.717, 1.165) is 5.69 Å². The van der Waals surface area contributed by atoms with Gasteiger partial charge in [0.2, 0.25) is 0 Å². The van der Waals surface area contributed by atoms with Gasteiger partial charge in [-0.15, -0.1) is 5.10 Å². The van der Waals surface area contributed by atoms with Gasteiger partial charge in [0.1, 0.15) is 0 Å². The number of hydrogen-bond acceptors (Lipinski definition) is 5. The van der Waals surface area contributed by atoms with Gasteiger partial charge in [-0.05, 0) is 33.2 Å². The molecule has 2 heterocycles. The third-order valence-electron chi connectivity index (χ3n) is 3.23. The lowest BCUT2D eigenvalue weighted by Gasteiger charge is -2.21. The minimum Gasteiger partial charge on any atom is -0.390 e. The minimum absolute atomic E-state index is 0.0210. The predicted octanol–water partition coefficient (Wildman–Crippen LogP) is -0.468. The zero-order chi connectivity index (χ0) is 13.3. The fraction of sp³-hybridized carbons (Fsp3) is 0.583. The SMILES string of the molecule is Cc1ccc(C(=O)N2C[C@H](O)[C@@H](N(C)C)C2)nn1. The topological polar surface area (TPSA) is 69.6 Å². The van der Waals surface area contributed by atoms with Crippen LogP contribution in [0.3, 0.4) is 0 Å². The number of nitrogens with zero attached hydrogens (tertiary/aromatic N) is 4. The molecule has 0 aliphatic carbocycles. The summed E-state index contributed by atoms with van der Waals surface area (Å²) < 4.78 is 0. The Morgan fingerprint density at radius 1 is 1.39 bits per heavy atom. The molecule has 2 rings (SSSR count). The average molecular weight is 250 g/mol. The maximum absolute atomic E-state index is 12.2. The maximum Gasteiger partial charge on any atom is 0.274 e. The molecule has 1 amide bonds. The minimum atomic E-state index is -0.512. The molecule has 0 aromatic carbocycles. The lowest BCUT2D eigenvalue weighted by Crippen LogP contribution is -2.38. The largest absolute Gasteiger partial charge is 0.390 e. The summed E-state index contributed by atoms with van der Waals surface area (Å²) in [5, 5.41) is 17.7. The van der Waals surface area contributed by atoms with Crippen molar-refractivity contribution >= 4 is 5.91 Å². The first-order chi connectivity index (χ1) is 8.49. The third kappa shape index (κ3) is 2.49. The Morgan fingerprint density at radius 3 is 2.61 bits per heavy atom. The zero-order valence-electron chi connectivity index (χ0n) is 10.9. The van der Waals surface area contributed by atoms with E-state index in [1.807, 2.05) is 25.9 Å². The standard InChI is InChI=1S/C12H18N4O2/c1-8-4-5-9(14-13-8)12(18)16-6-10(15(2)3)11(17)7-16/h4-5,10-11,17H,6-7H2,1-3H3/t10-,11-/m0/s1. The summed E-state index contributed by atoms with van der Waals surface area (Å²) >= 11 is 0. The Morgan fingerprint density at radius 2 is 2.11 bits per heavy atom. The van der Waals surface area contributed by atoms with E-state index in [0.29, 0.717) is 18.8 Å². The molecule has 2 atom stereocenters. The molecule has 1 aromatic rings. The first-order valence-electron chi connectivity index (χ1n) is 5.93. The number of likely N-dealkylation sites (tertiary alicyclic amines) is 1. The Hall–Kier alpha value is -1.53. The first kappa shape index (κ1) is 12.9. The van der Waals surface area contributed by atoms with Crippen molar-refractivity contribution in [1.29, 1.82) is 0 Å². The molecule has 6 heteroatoms. The summed E-state index contributed by atoms with van der Waals surface area (Å²) in [7, 11) is 3.79. The molecular weight excluding hydrogens is 232 g/mol. The quantitative estimate of drug-likeness (QED) is 0.768. The molecule has 18 heavy (non-hydrogen) atoms. The van der Waals surface area contributed by atoms with Crippen LogP contribution in [0.15, 0.2) is 12.1 Å². The fourth-order valence-electron chi connectivity index (χ4n) is 2.12. The van der Waals surface area contributed by atoms with E-state index in [4.69, 9.17) is 0 Å². The van der Waals surface area contributed by atoms with Gasteiger partial charge in [0.05, 0.1) is 17.8 Å². The van der Waals surface area contributed by atoms with Crippen molar-refractivity contribution in [1.82, 2.24) is 20.0 Å². The second kappa shape index (κ2) is 4.99. The summed E-state index contributed by atoms with van der Waals surface area (Å²) in [4.78, 5) is 15.7. The highest BCUT2D eigenvalue weighted by molar-refractivity contribution is 5.92. The third-order valence-corrected chi connectivity index (χ3v) is 3.23. The highest BCUT2D eigenvalue weighted by atomic mass is 16.3. The van der Waals surface area contributed by atoms with Crippen molar-refractivity contribution in [3.63, 3.8) is 0 Å². The molecule has 0 radical (unpaired) electrons. The average Bonchev–Trinajstić information content (AvgIpc) is 2.71. The van der Waals surface area contributed by atoms with Crippen LogP contribution in [0.5, 0.6) is 0 Å². The number of carbonyl (C=O) groups is 1. The van der Waals surface area contributed by atoms with E-state index in [1.54, 1.807) is 17.0 Å². The van der Waals surface area contributed by atoms with E-state index in [9.17, 15) is 9.90 Å². The van der Waals surface area contributed by atoms with Gasteiger partial charge < -0.3 is 14.9 Å². The van der Waals surface area contributed by atoms with Crippen molar-refractivity contribution in [2.24, 2.45) is 0 Å². The van der Waals surface area contributed by atoms with Crippen LogP contribution in [-0.4, -0.2) is 70.3 Å². The summed E-state index contributed by atoms with van der Waals surface area (Å²) in [6.45, 7) is 2.68. The van der Waals surface area contributed by atoms with Gasteiger partial charge in [-0.3, -0.25) is 4.79 Å². The molecule has 0 spiro atoms. The lowest BCUT2D eigenvalue weighted by atomic mass is 10.2. The number of aliphatic hydroxyl groups excluding tert-OH is 1. The van der Waals surface area contributed by atoms with Crippen LogP contribution in [0.1, 0.15) is 16.2 Å². The van der Waals surface area contributed by atoms with Gasteiger partial charge >= 0.3 is 0 Å². The Kier molecular flexibility index (Phi) is 3.58. The normalized spacial score (nSPS) is 23.7. The number of hydrogen-bond donors (Lipinski definition) is 1.